The van der Waals surface area contributed by atoms with Gasteiger partial charge in [-0.2, -0.15) is 0 Å². The van der Waals surface area contributed by atoms with Crippen molar-refractivity contribution in [2.75, 3.05) is 5.73 Å². The molecule has 4 heteroatoms. The molecule has 1 aliphatic heterocycles. The lowest BCUT2D eigenvalue weighted by atomic mass is 9.95. The molecule has 1 aliphatic rings. The average molecular weight is 245 g/mol. The molecule has 1 heterocycles. The Morgan fingerprint density at radius 1 is 1.11 bits per heavy atom. The lowest BCUT2D eigenvalue weighted by Gasteiger charge is -2.05. The van der Waals surface area contributed by atoms with Crippen molar-refractivity contribution < 1.29 is 14.3 Å². The number of esters is 2. The predicted molar refractivity (Wildman–Crippen MR) is 68.3 cm³/mol. The zero-order valence-electron chi connectivity index (χ0n) is 10.4. The summed E-state index contributed by atoms with van der Waals surface area (Å²) in [4.78, 5) is 23.4. The van der Waals surface area contributed by atoms with Crippen LogP contribution in [0.25, 0.3) is 5.57 Å². The van der Waals surface area contributed by atoms with Crippen LogP contribution in [-0.2, 0) is 14.3 Å². The molecule has 4 nitrogen and oxygen atoms in total. The summed E-state index contributed by atoms with van der Waals surface area (Å²) in [5.74, 6) is -0.817. The monoisotopic (exact) mass is 245 g/mol. The minimum atomic E-state index is -0.569. The van der Waals surface area contributed by atoms with E-state index in [-0.39, 0.29) is 5.92 Å². The average Bonchev–Trinajstić information content (AvgIpc) is 2.55. The van der Waals surface area contributed by atoms with Crippen LogP contribution in [0.3, 0.4) is 0 Å². The van der Waals surface area contributed by atoms with Crippen molar-refractivity contribution in [3.8, 4) is 0 Å². The van der Waals surface area contributed by atoms with Gasteiger partial charge in [0.2, 0.25) is 0 Å². The van der Waals surface area contributed by atoms with Gasteiger partial charge in [0.25, 0.3) is 0 Å². The van der Waals surface area contributed by atoms with Gasteiger partial charge < -0.3 is 10.5 Å². The van der Waals surface area contributed by atoms with E-state index >= 15 is 0 Å². The number of rotatable bonds is 3. The first-order chi connectivity index (χ1) is 8.49. The number of hydrogen-bond donors (Lipinski definition) is 1. The zero-order chi connectivity index (χ0) is 13.3. The first-order valence-corrected chi connectivity index (χ1v) is 5.84. The first kappa shape index (κ1) is 12.4. The Balaban J connectivity index is 2.48. The Hall–Kier alpha value is -2.10. The van der Waals surface area contributed by atoms with Gasteiger partial charge in [0.05, 0.1) is 11.1 Å². The van der Waals surface area contributed by atoms with Crippen molar-refractivity contribution in [1.82, 2.24) is 0 Å². The van der Waals surface area contributed by atoms with Gasteiger partial charge in [-0.05, 0) is 30.0 Å². The molecule has 0 saturated heterocycles. The summed E-state index contributed by atoms with van der Waals surface area (Å²) in [6, 6.07) is 6.85. The third-order valence-electron chi connectivity index (χ3n) is 2.75. The number of hydrogen-bond acceptors (Lipinski definition) is 4. The van der Waals surface area contributed by atoms with Gasteiger partial charge in [0.1, 0.15) is 0 Å². The lowest BCUT2D eigenvalue weighted by molar-refractivity contribution is -0.150. The number of benzene rings is 1. The maximum Gasteiger partial charge on any atom is 0.347 e. The molecule has 0 unspecified atom stereocenters. The summed E-state index contributed by atoms with van der Waals surface area (Å²) in [6.45, 7) is 3.98. The van der Waals surface area contributed by atoms with E-state index in [1.54, 1.807) is 24.3 Å². The zero-order valence-corrected chi connectivity index (χ0v) is 10.4. The maximum atomic E-state index is 11.7. The van der Waals surface area contributed by atoms with Gasteiger partial charge in [-0.25, -0.2) is 9.59 Å². The van der Waals surface area contributed by atoms with Gasteiger partial charge in [0.15, 0.2) is 0 Å². The van der Waals surface area contributed by atoms with Gasteiger partial charge in [-0.15, -0.1) is 0 Å². The molecule has 1 aromatic rings. The van der Waals surface area contributed by atoms with Crippen molar-refractivity contribution in [3.05, 3.63) is 35.4 Å². The lowest BCUT2D eigenvalue weighted by Crippen LogP contribution is -2.03. The first-order valence-electron chi connectivity index (χ1n) is 5.84. The fourth-order valence-corrected chi connectivity index (χ4v) is 1.96. The van der Waals surface area contributed by atoms with E-state index in [4.69, 9.17) is 5.73 Å². The topological polar surface area (TPSA) is 69.4 Å². The van der Waals surface area contributed by atoms with Crippen LogP contribution in [0, 0.1) is 5.92 Å². The summed E-state index contributed by atoms with van der Waals surface area (Å²) in [5.41, 5.74) is 7.72. The van der Waals surface area contributed by atoms with E-state index in [1.165, 1.54) is 0 Å². The number of nitrogen functional groups attached to an aromatic ring is 1. The van der Waals surface area contributed by atoms with Crippen LogP contribution in [0.1, 0.15) is 25.8 Å². The molecule has 18 heavy (non-hydrogen) atoms. The van der Waals surface area contributed by atoms with Crippen molar-refractivity contribution in [3.63, 3.8) is 0 Å². The number of cyclic esters (lactones) is 2. The molecule has 0 atom stereocenters. The molecule has 0 aromatic heterocycles. The minimum Gasteiger partial charge on any atom is -0.399 e. The molecule has 0 saturated carbocycles. The van der Waals surface area contributed by atoms with Gasteiger partial charge >= 0.3 is 11.9 Å². The van der Waals surface area contributed by atoms with Crippen molar-refractivity contribution in [1.29, 1.82) is 0 Å². The Morgan fingerprint density at radius 2 is 1.72 bits per heavy atom. The molecule has 94 valence electrons. The van der Waals surface area contributed by atoms with Crippen molar-refractivity contribution in [2.24, 2.45) is 5.92 Å². The second-order valence-corrected chi connectivity index (χ2v) is 4.75. The Labute approximate surface area is 105 Å². The van der Waals surface area contributed by atoms with Crippen LogP contribution in [0.4, 0.5) is 5.69 Å². The second-order valence-electron chi connectivity index (χ2n) is 4.75. The molecule has 2 rings (SSSR count). The molecule has 0 radical (unpaired) electrons. The van der Waals surface area contributed by atoms with E-state index in [0.717, 1.165) is 0 Å². The SMILES string of the molecule is CC(C)CC1=C(c2ccc(N)cc2)C(=O)OC1=O. The molecule has 0 fully saturated rings. The minimum absolute atomic E-state index is 0.280. The predicted octanol–water partition coefficient (Wildman–Crippen LogP) is 2.15. The van der Waals surface area contributed by atoms with Gasteiger partial charge in [0, 0.05) is 5.69 Å². The summed E-state index contributed by atoms with van der Waals surface area (Å²) in [5, 5.41) is 0. The van der Waals surface area contributed by atoms with Crippen LogP contribution in [-0.4, -0.2) is 11.9 Å². The van der Waals surface area contributed by atoms with E-state index in [2.05, 4.69) is 4.74 Å². The molecule has 2 N–H and O–H groups in total. The summed E-state index contributed by atoms with van der Waals surface area (Å²) in [7, 11) is 0. The van der Waals surface area contributed by atoms with Crippen LogP contribution in [0.2, 0.25) is 0 Å². The summed E-state index contributed by atoms with van der Waals surface area (Å²) >= 11 is 0. The van der Waals surface area contributed by atoms with Gasteiger partial charge in [-0.1, -0.05) is 26.0 Å². The fourth-order valence-electron chi connectivity index (χ4n) is 1.96. The molecular weight excluding hydrogens is 230 g/mol. The highest BCUT2D eigenvalue weighted by molar-refractivity contribution is 6.30. The third-order valence-corrected chi connectivity index (χ3v) is 2.75. The number of carbonyl (C=O) groups is 2. The number of ether oxygens (including phenoxy) is 1. The van der Waals surface area contributed by atoms with Crippen LogP contribution < -0.4 is 5.73 Å². The number of nitrogens with two attached hydrogens (primary N) is 1. The largest absolute Gasteiger partial charge is 0.399 e. The fraction of sp³-hybridized carbons (Fsp3) is 0.286. The second kappa shape index (κ2) is 4.64. The van der Waals surface area contributed by atoms with Crippen LogP contribution >= 0.6 is 0 Å². The smallest absolute Gasteiger partial charge is 0.347 e. The quantitative estimate of drug-likeness (QED) is 0.503. The summed E-state index contributed by atoms with van der Waals surface area (Å²) < 4.78 is 4.69. The van der Waals surface area contributed by atoms with E-state index in [0.29, 0.717) is 28.8 Å². The highest BCUT2D eigenvalue weighted by Gasteiger charge is 2.33. The van der Waals surface area contributed by atoms with Crippen molar-refractivity contribution >= 4 is 23.2 Å². The highest BCUT2D eigenvalue weighted by Crippen LogP contribution is 2.31. The Kier molecular flexibility index (Phi) is 3.19. The molecule has 0 aliphatic carbocycles. The molecule has 0 spiro atoms. The summed E-state index contributed by atoms with van der Waals surface area (Å²) in [6.07, 6.45) is 0.532. The molecule has 0 bridgehead atoms. The molecule has 0 amide bonds. The standard InChI is InChI=1S/C14H15NO3/c1-8(2)7-11-12(14(17)18-13(11)16)9-3-5-10(15)6-4-9/h3-6,8H,7,15H2,1-2H3. The van der Waals surface area contributed by atoms with E-state index in [9.17, 15) is 9.59 Å². The van der Waals surface area contributed by atoms with Crippen LogP contribution in [0.5, 0.6) is 0 Å². The number of anilines is 1. The third kappa shape index (κ3) is 2.27. The highest BCUT2D eigenvalue weighted by atomic mass is 16.6. The Morgan fingerprint density at radius 3 is 2.28 bits per heavy atom. The normalized spacial score (nSPS) is 15.5. The van der Waals surface area contributed by atoms with Crippen LogP contribution in [0.15, 0.2) is 29.8 Å². The van der Waals surface area contributed by atoms with Crippen molar-refractivity contribution in [2.45, 2.75) is 20.3 Å². The van der Waals surface area contributed by atoms with Gasteiger partial charge in [-0.3, -0.25) is 0 Å². The molecule has 1 aromatic carbocycles. The molecular formula is C14H15NO3. The van der Waals surface area contributed by atoms with E-state index in [1.807, 2.05) is 13.8 Å². The Bertz CT molecular complexity index is 526. The number of carbonyl (C=O) groups excluding carboxylic acids is 2. The maximum absolute atomic E-state index is 11.7. The van der Waals surface area contributed by atoms with E-state index < -0.39 is 11.9 Å².